The number of carbonyl (C=O) groups excluding carboxylic acids is 4. The van der Waals surface area contributed by atoms with Gasteiger partial charge in [-0.05, 0) is 102 Å². The van der Waals surface area contributed by atoms with Crippen LogP contribution in [0.25, 0.3) is 5.52 Å². The third-order valence-electron chi connectivity index (χ3n) is 8.83. The van der Waals surface area contributed by atoms with Crippen LogP contribution in [-0.4, -0.2) is 75.8 Å². The molecule has 0 atom stereocenters. The Morgan fingerprint density at radius 2 is 1.64 bits per heavy atom. The average molecular weight is 646 g/mol. The number of carbonyl (C=O) groups is 4. The monoisotopic (exact) mass is 645 g/mol. The first-order valence-corrected chi connectivity index (χ1v) is 17.0. The summed E-state index contributed by atoms with van der Waals surface area (Å²) in [6, 6.07) is 13.3. The van der Waals surface area contributed by atoms with Crippen molar-refractivity contribution in [2.75, 3.05) is 20.2 Å². The molecule has 2 amide bonds. The molecular weight excluding hydrogens is 594 g/mol. The maximum Gasteiger partial charge on any atom is 0.410 e. The van der Waals surface area contributed by atoms with Gasteiger partial charge in [0.25, 0.3) is 5.91 Å². The molecule has 0 aliphatic heterocycles. The van der Waals surface area contributed by atoms with Gasteiger partial charge in [-0.25, -0.2) is 4.79 Å². The number of aromatic nitrogens is 1. The minimum Gasteiger partial charge on any atom is -0.468 e. The van der Waals surface area contributed by atoms with E-state index in [0.29, 0.717) is 29.8 Å². The number of unbranched alkanes of at least 4 members (excludes halogenated alkanes) is 1. The first kappa shape index (κ1) is 35.7. The maximum absolute atomic E-state index is 13.8. The Kier molecular flexibility index (Phi) is 11.9. The molecular formula is C38H51N3O6. The Labute approximate surface area is 279 Å². The average Bonchev–Trinajstić information content (AvgIpc) is 3.70. The lowest BCUT2D eigenvalue weighted by Crippen LogP contribution is -2.42. The number of hydrogen-bond acceptors (Lipinski definition) is 6. The highest BCUT2D eigenvalue weighted by atomic mass is 16.6. The van der Waals surface area contributed by atoms with Crippen molar-refractivity contribution in [3.05, 3.63) is 76.6 Å². The van der Waals surface area contributed by atoms with Gasteiger partial charge in [-0.1, -0.05) is 44.0 Å². The van der Waals surface area contributed by atoms with Crippen LogP contribution in [0.2, 0.25) is 0 Å². The first-order valence-electron chi connectivity index (χ1n) is 17.0. The second-order valence-electron chi connectivity index (χ2n) is 13.8. The summed E-state index contributed by atoms with van der Waals surface area (Å²) in [6.07, 6.45) is 9.26. The van der Waals surface area contributed by atoms with Crippen LogP contribution in [0.4, 0.5) is 4.79 Å². The zero-order chi connectivity index (χ0) is 34.3. The van der Waals surface area contributed by atoms with E-state index in [0.717, 1.165) is 61.6 Å². The number of methoxy groups -OCH3 is 1. The van der Waals surface area contributed by atoms with Crippen molar-refractivity contribution in [2.24, 2.45) is 0 Å². The van der Waals surface area contributed by atoms with Gasteiger partial charge in [0, 0.05) is 41.5 Å². The van der Waals surface area contributed by atoms with Gasteiger partial charge in [0.2, 0.25) is 5.78 Å². The lowest BCUT2D eigenvalue weighted by Gasteiger charge is -2.31. The van der Waals surface area contributed by atoms with E-state index in [-0.39, 0.29) is 36.4 Å². The van der Waals surface area contributed by atoms with Crippen molar-refractivity contribution in [1.82, 2.24) is 14.2 Å². The van der Waals surface area contributed by atoms with E-state index in [9.17, 15) is 19.2 Å². The number of hydrogen-bond donors (Lipinski definition) is 0. The fraction of sp³-hybridized carbons (Fsp3) is 0.526. The van der Waals surface area contributed by atoms with Crippen molar-refractivity contribution in [2.45, 2.75) is 111 Å². The van der Waals surface area contributed by atoms with E-state index in [1.165, 1.54) is 12.0 Å². The summed E-state index contributed by atoms with van der Waals surface area (Å²) >= 11 is 0. The number of aryl methyl sites for hydroxylation is 2. The minimum atomic E-state index is -0.512. The highest BCUT2D eigenvalue weighted by molar-refractivity contribution is 6.10. The smallest absolute Gasteiger partial charge is 0.410 e. The third kappa shape index (κ3) is 9.02. The highest BCUT2D eigenvalue weighted by Crippen LogP contribution is 2.26. The zero-order valence-corrected chi connectivity index (χ0v) is 29.1. The van der Waals surface area contributed by atoms with Gasteiger partial charge in [0.1, 0.15) is 12.1 Å². The SMILES string of the molecule is CCc1cc2cc(C(=O)N(CC(=O)OC)C(C)C)ccn2c1C(=O)c1ccc(CCCCN(C(=O)OC(C)(C)C)C2CCCC2)cc1. The summed E-state index contributed by atoms with van der Waals surface area (Å²) in [4.78, 5) is 55.4. The number of pyridine rings is 1. The van der Waals surface area contributed by atoms with Crippen LogP contribution in [-0.2, 0) is 27.1 Å². The number of fused-ring (bicyclic) bond motifs is 1. The summed E-state index contributed by atoms with van der Waals surface area (Å²) in [6.45, 7) is 12.0. The van der Waals surface area contributed by atoms with Gasteiger partial charge in [0.05, 0.1) is 12.8 Å². The van der Waals surface area contributed by atoms with Crippen molar-refractivity contribution in [3.63, 3.8) is 0 Å². The number of ether oxygens (including phenoxy) is 2. The normalized spacial score (nSPS) is 13.6. The lowest BCUT2D eigenvalue weighted by molar-refractivity contribution is -0.141. The van der Waals surface area contributed by atoms with E-state index >= 15 is 0 Å². The summed E-state index contributed by atoms with van der Waals surface area (Å²) < 4.78 is 12.3. The molecule has 0 radical (unpaired) electrons. The summed E-state index contributed by atoms with van der Waals surface area (Å²) in [5.41, 5.74) is 3.90. The molecule has 2 heterocycles. The fourth-order valence-electron chi connectivity index (χ4n) is 6.28. The molecule has 0 unspecified atom stereocenters. The van der Waals surface area contributed by atoms with Gasteiger partial charge in [-0.15, -0.1) is 0 Å². The summed E-state index contributed by atoms with van der Waals surface area (Å²) in [5.74, 6) is -0.828. The molecule has 0 saturated heterocycles. The number of amides is 2. The molecule has 3 aromatic rings. The molecule has 0 spiro atoms. The highest BCUT2D eigenvalue weighted by Gasteiger charge is 2.30. The molecule has 9 nitrogen and oxygen atoms in total. The van der Waals surface area contributed by atoms with Crippen molar-refractivity contribution in [3.8, 4) is 0 Å². The predicted octanol–water partition coefficient (Wildman–Crippen LogP) is 7.26. The molecule has 1 aliphatic carbocycles. The lowest BCUT2D eigenvalue weighted by atomic mass is 10.0. The predicted molar refractivity (Wildman–Crippen MR) is 183 cm³/mol. The minimum absolute atomic E-state index is 0.0773. The summed E-state index contributed by atoms with van der Waals surface area (Å²) in [5, 5.41) is 0. The van der Waals surface area contributed by atoms with Crippen LogP contribution >= 0.6 is 0 Å². The van der Waals surface area contributed by atoms with Gasteiger partial charge in [0.15, 0.2) is 0 Å². The van der Waals surface area contributed by atoms with Crippen molar-refractivity contribution < 1.29 is 28.7 Å². The Morgan fingerprint density at radius 1 is 0.957 bits per heavy atom. The molecule has 1 saturated carbocycles. The van der Waals surface area contributed by atoms with Gasteiger partial charge in [-0.2, -0.15) is 0 Å². The number of rotatable bonds is 13. The van der Waals surface area contributed by atoms with Crippen LogP contribution in [0.5, 0.6) is 0 Å². The second-order valence-corrected chi connectivity index (χ2v) is 13.8. The number of benzene rings is 1. The largest absolute Gasteiger partial charge is 0.468 e. The molecule has 1 aliphatic rings. The van der Waals surface area contributed by atoms with Crippen LogP contribution < -0.4 is 0 Å². The zero-order valence-electron chi connectivity index (χ0n) is 29.1. The Hall–Kier alpha value is -4.14. The van der Waals surface area contributed by atoms with Crippen molar-refractivity contribution in [1.29, 1.82) is 0 Å². The van der Waals surface area contributed by atoms with Gasteiger partial charge in [-0.3, -0.25) is 14.4 Å². The molecule has 0 bridgehead atoms. The Morgan fingerprint density at radius 3 is 2.23 bits per heavy atom. The van der Waals surface area contributed by atoms with Gasteiger partial charge < -0.3 is 23.7 Å². The first-order chi connectivity index (χ1) is 22.3. The van der Waals surface area contributed by atoms with Crippen LogP contribution in [0.3, 0.4) is 0 Å². The molecule has 47 heavy (non-hydrogen) atoms. The van der Waals surface area contributed by atoms with E-state index in [1.807, 2.05) is 81.2 Å². The van der Waals surface area contributed by atoms with Gasteiger partial charge >= 0.3 is 12.1 Å². The molecule has 4 rings (SSSR count). The third-order valence-corrected chi connectivity index (χ3v) is 8.83. The molecule has 9 heteroatoms. The molecule has 0 N–H and O–H groups in total. The van der Waals surface area contributed by atoms with Crippen molar-refractivity contribution >= 4 is 29.3 Å². The van der Waals surface area contributed by atoms with E-state index in [2.05, 4.69) is 0 Å². The van der Waals surface area contributed by atoms with E-state index < -0.39 is 11.6 Å². The topological polar surface area (TPSA) is 97.6 Å². The Balaban J connectivity index is 1.42. The standard InChI is InChI=1S/C38H51N3O6/c1-8-28-23-32-24-30(36(44)41(26(2)3)25-33(42)46-7)20-22-39(32)34(28)35(43)29-18-16-27(17-19-29)13-11-12-21-40(31-14-9-10-15-31)37(45)47-38(4,5)6/h16-20,22-24,26,31H,8-15,21,25H2,1-7H3. The molecule has 2 aromatic heterocycles. The maximum atomic E-state index is 13.8. The van der Waals surface area contributed by atoms with Crippen LogP contribution in [0.1, 0.15) is 118 Å². The van der Waals surface area contributed by atoms with E-state index in [4.69, 9.17) is 9.47 Å². The fourth-order valence-corrected chi connectivity index (χ4v) is 6.28. The van der Waals surface area contributed by atoms with E-state index in [1.54, 1.807) is 18.3 Å². The Bertz CT molecular complexity index is 1560. The number of esters is 1. The number of ketones is 1. The summed E-state index contributed by atoms with van der Waals surface area (Å²) in [7, 11) is 1.30. The quantitative estimate of drug-likeness (QED) is 0.110. The molecule has 1 aromatic carbocycles. The van der Waals surface area contributed by atoms with Crippen LogP contribution in [0, 0.1) is 0 Å². The number of nitrogens with zero attached hydrogens (tertiary/aromatic N) is 3. The molecule has 254 valence electrons. The second kappa shape index (κ2) is 15.6. The molecule has 1 fully saturated rings. The van der Waals surface area contributed by atoms with Crippen LogP contribution in [0.15, 0.2) is 48.7 Å².